The van der Waals surface area contributed by atoms with Gasteiger partial charge in [0.1, 0.15) is 12.1 Å². The summed E-state index contributed by atoms with van der Waals surface area (Å²) in [7, 11) is 0. The van der Waals surface area contributed by atoms with Crippen molar-refractivity contribution in [2.45, 2.75) is 31.7 Å². The predicted octanol–water partition coefficient (Wildman–Crippen LogP) is 1.50. The lowest BCUT2D eigenvalue weighted by Crippen LogP contribution is -2.71. The van der Waals surface area contributed by atoms with Gasteiger partial charge in [0.25, 0.3) is 5.91 Å². The molecule has 1 aromatic heterocycles. The van der Waals surface area contributed by atoms with E-state index >= 15 is 0 Å². The lowest BCUT2D eigenvalue weighted by molar-refractivity contribution is -0.156. The number of hydrogen-bond donors (Lipinski definition) is 1. The Kier molecular flexibility index (Phi) is 5.64. The van der Waals surface area contributed by atoms with Gasteiger partial charge < -0.3 is 19.9 Å². The van der Waals surface area contributed by atoms with Crippen LogP contribution in [-0.4, -0.2) is 65.3 Å². The lowest BCUT2D eigenvalue weighted by Gasteiger charge is -2.46. The number of fused-ring (bicyclic) bond motifs is 1. The number of thiophene rings is 1. The highest BCUT2D eigenvalue weighted by molar-refractivity contribution is 7.12. The van der Waals surface area contributed by atoms with E-state index < -0.39 is 18.2 Å². The molecule has 3 atom stereocenters. The van der Waals surface area contributed by atoms with Crippen LogP contribution in [0, 0.1) is 0 Å². The number of ether oxygens (including phenoxy) is 1. The second-order valence-electron chi connectivity index (χ2n) is 7.26. The highest BCUT2D eigenvalue weighted by atomic mass is 32.1. The third kappa shape index (κ3) is 4.04. The maximum atomic E-state index is 13.0. The minimum atomic E-state index is -0.720. The van der Waals surface area contributed by atoms with Crippen LogP contribution in [0.15, 0.2) is 47.8 Å². The first-order valence-corrected chi connectivity index (χ1v) is 10.5. The number of carbonyl (C=O) groups is 3. The van der Waals surface area contributed by atoms with E-state index in [4.69, 9.17) is 4.74 Å². The second kappa shape index (κ2) is 8.34. The molecule has 0 aliphatic carbocycles. The third-order valence-electron chi connectivity index (χ3n) is 5.37. The largest absolute Gasteiger partial charge is 0.371 e. The van der Waals surface area contributed by atoms with Gasteiger partial charge in [0.05, 0.1) is 24.1 Å². The van der Waals surface area contributed by atoms with Gasteiger partial charge in [-0.2, -0.15) is 0 Å². The molecule has 1 aromatic carbocycles. The summed E-state index contributed by atoms with van der Waals surface area (Å²) in [5, 5.41) is 4.65. The summed E-state index contributed by atoms with van der Waals surface area (Å²) >= 11 is 1.37. The molecule has 0 bridgehead atoms. The molecule has 0 spiro atoms. The third-order valence-corrected chi connectivity index (χ3v) is 6.23. The molecule has 2 saturated heterocycles. The first-order valence-electron chi connectivity index (χ1n) is 9.64. The fourth-order valence-electron chi connectivity index (χ4n) is 3.72. The number of nitrogens with zero attached hydrogens (tertiary/aromatic N) is 2. The molecule has 2 aliphatic rings. The van der Waals surface area contributed by atoms with Crippen molar-refractivity contribution in [2.75, 3.05) is 19.6 Å². The number of piperazine rings is 2. The van der Waals surface area contributed by atoms with Gasteiger partial charge in [-0.3, -0.25) is 14.4 Å². The fourth-order valence-corrected chi connectivity index (χ4v) is 4.41. The Balaban J connectivity index is 1.39. The molecule has 2 fully saturated rings. The van der Waals surface area contributed by atoms with E-state index in [1.54, 1.807) is 22.8 Å². The Morgan fingerprint density at radius 3 is 2.72 bits per heavy atom. The van der Waals surface area contributed by atoms with E-state index in [1.807, 2.05) is 41.8 Å². The number of rotatable bonds is 5. The molecule has 2 aliphatic heterocycles. The molecule has 0 saturated carbocycles. The first-order chi connectivity index (χ1) is 14.0. The molecule has 2 aromatic rings. The molecule has 1 N–H and O–H groups in total. The second-order valence-corrected chi connectivity index (χ2v) is 8.21. The fraction of sp³-hybridized carbons (Fsp3) is 0.381. The smallest absolute Gasteiger partial charge is 0.264 e. The van der Waals surface area contributed by atoms with Gasteiger partial charge in [-0.25, -0.2) is 0 Å². The van der Waals surface area contributed by atoms with Crippen LogP contribution >= 0.6 is 11.3 Å². The Hall–Kier alpha value is -2.71. The Morgan fingerprint density at radius 1 is 1.21 bits per heavy atom. The van der Waals surface area contributed by atoms with E-state index in [0.29, 0.717) is 24.6 Å². The predicted molar refractivity (Wildman–Crippen MR) is 108 cm³/mol. The minimum absolute atomic E-state index is 0.0958. The van der Waals surface area contributed by atoms with E-state index in [2.05, 4.69) is 5.32 Å². The average Bonchev–Trinajstić information content (AvgIpc) is 3.29. The molecular weight excluding hydrogens is 390 g/mol. The van der Waals surface area contributed by atoms with Crippen molar-refractivity contribution in [1.82, 2.24) is 15.1 Å². The molecule has 0 radical (unpaired) electrons. The molecule has 29 heavy (non-hydrogen) atoms. The van der Waals surface area contributed by atoms with E-state index in [1.165, 1.54) is 11.3 Å². The lowest BCUT2D eigenvalue weighted by atomic mass is 10.0. The Morgan fingerprint density at radius 2 is 2.00 bits per heavy atom. The van der Waals surface area contributed by atoms with Crippen LogP contribution in [0.3, 0.4) is 0 Å². The standard InChI is InChI=1S/C21H23N3O4S/c1-14(28-13-15-6-3-2-4-7-15)18-21(27)24-10-9-23(12-16(24)19(25)22-18)20(26)17-8-5-11-29-17/h2-8,11,14,16,18H,9-10,12-13H2,1H3,(H,22,25)/t14-,16-,18+/m1/s1. The zero-order valence-electron chi connectivity index (χ0n) is 16.1. The van der Waals surface area contributed by atoms with Crippen molar-refractivity contribution in [3.05, 3.63) is 58.3 Å². The number of nitrogens with one attached hydrogen (secondary N) is 1. The number of carbonyl (C=O) groups excluding carboxylic acids is 3. The highest BCUT2D eigenvalue weighted by Crippen LogP contribution is 2.21. The van der Waals surface area contributed by atoms with Crippen molar-refractivity contribution in [3.8, 4) is 0 Å². The zero-order chi connectivity index (χ0) is 20.4. The molecule has 3 heterocycles. The molecule has 4 rings (SSSR count). The van der Waals surface area contributed by atoms with Crippen molar-refractivity contribution in [2.24, 2.45) is 0 Å². The Labute approximate surface area is 173 Å². The maximum Gasteiger partial charge on any atom is 0.264 e. The molecule has 7 nitrogen and oxygen atoms in total. The number of hydrogen-bond acceptors (Lipinski definition) is 5. The van der Waals surface area contributed by atoms with E-state index in [0.717, 1.165) is 5.56 Å². The van der Waals surface area contributed by atoms with E-state index in [9.17, 15) is 14.4 Å². The normalized spacial score (nSPS) is 22.8. The first kappa shape index (κ1) is 19.6. The van der Waals surface area contributed by atoms with Gasteiger partial charge >= 0.3 is 0 Å². The molecule has 3 amide bonds. The molecule has 8 heteroatoms. The van der Waals surface area contributed by atoms with Gasteiger partial charge in [-0.1, -0.05) is 36.4 Å². The monoisotopic (exact) mass is 413 g/mol. The summed E-state index contributed by atoms with van der Waals surface area (Å²) in [5.74, 6) is -0.492. The molecule has 152 valence electrons. The van der Waals surface area contributed by atoms with Crippen LogP contribution in [0.5, 0.6) is 0 Å². The summed E-state index contributed by atoms with van der Waals surface area (Å²) in [5.41, 5.74) is 1.01. The topological polar surface area (TPSA) is 79.0 Å². The molecular formula is C21H23N3O4S. The maximum absolute atomic E-state index is 13.0. The zero-order valence-corrected chi connectivity index (χ0v) is 16.9. The van der Waals surface area contributed by atoms with Gasteiger partial charge in [0.2, 0.25) is 11.8 Å². The summed E-state index contributed by atoms with van der Waals surface area (Å²) < 4.78 is 5.85. The van der Waals surface area contributed by atoms with Gasteiger partial charge in [0.15, 0.2) is 0 Å². The summed E-state index contributed by atoms with van der Waals surface area (Å²) in [4.78, 5) is 42.2. The van der Waals surface area contributed by atoms with Gasteiger partial charge in [-0.15, -0.1) is 11.3 Å². The van der Waals surface area contributed by atoms with Crippen molar-refractivity contribution < 1.29 is 19.1 Å². The van der Waals surface area contributed by atoms with Crippen LogP contribution in [0.2, 0.25) is 0 Å². The van der Waals surface area contributed by atoms with Crippen LogP contribution in [0.25, 0.3) is 0 Å². The van der Waals surface area contributed by atoms with Crippen LogP contribution < -0.4 is 5.32 Å². The number of amides is 3. The summed E-state index contributed by atoms with van der Waals surface area (Å²) in [6.07, 6.45) is -0.460. The summed E-state index contributed by atoms with van der Waals surface area (Å²) in [6.45, 7) is 3.13. The van der Waals surface area contributed by atoms with Crippen molar-refractivity contribution >= 4 is 29.1 Å². The average molecular weight is 413 g/mol. The number of benzene rings is 1. The van der Waals surface area contributed by atoms with Gasteiger partial charge in [-0.05, 0) is 23.9 Å². The quantitative estimate of drug-likeness (QED) is 0.806. The van der Waals surface area contributed by atoms with Crippen molar-refractivity contribution in [3.63, 3.8) is 0 Å². The van der Waals surface area contributed by atoms with Gasteiger partial charge in [0, 0.05) is 13.1 Å². The van der Waals surface area contributed by atoms with E-state index in [-0.39, 0.29) is 24.3 Å². The van der Waals surface area contributed by atoms with Crippen LogP contribution in [-0.2, 0) is 20.9 Å². The van der Waals surface area contributed by atoms with Crippen LogP contribution in [0.4, 0.5) is 0 Å². The van der Waals surface area contributed by atoms with Crippen molar-refractivity contribution in [1.29, 1.82) is 0 Å². The van der Waals surface area contributed by atoms with Crippen LogP contribution in [0.1, 0.15) is 22.2 Å². The summed E-state index contributed by atoms with van der Waals surface area (Å²) in [6, 6.07) is 11.9. The highest BCUT2D eigenvalue weighted by Gasteiger charge is 2.46. The minimum Gasteiger partial charge on any atom is -0.371 e. The Bertz CT molecular complexity index is 887. The molecule has 0 unspecified atom stereocenters. The SMILES string of the molecule is C[C@@H](OCc1ccccc1)[C@@H]1NC(=O)[C@H]2CN(C(=O)c3cccs3)CCN2C1=O.